The molecule has 1 heterocycles. The first kappa shape index (κ1) is 15.1. The summed E-state index contributed by atoms with van der Waals surface area (Å²) in [6.45, 7) is 1.99. The third kappa shape index (κ3) is 2.78. The second-order valence-corrected chi connectivity index (χ2v) is 5.92. The SMILES string of the molecule is Cc1ccc(-c2nc(C=C3C(=O)C=Cc4ccccc43)c(O)o2)cc1. The molecule has 1 aliphatic carbocycles. The number of carbonyl (C=O) groups excluding carboxylic acids is 1. The molecule has 25 heavy (non-hydrogen) atoms. The van der Waals surface area contributed by atoms with E-state index in [1.165, 1.54) is 6.08 Å². The molecule has 0 aliphatic heterocycles. The second kappa shape index (κ2) is 5.91. The lowest BCUT2D eigenvalue weighted by Gasteiger charge is -2.12. The predicted octanol–water partition coefficient (Wildman–Crippen LogP) is 4.49. The molecule has 0 radical (unpaired) electrons. The van der Waals surface area contributed by atoms with Crippen LogP contribution in [0.3, 0.4) is 0 Å². The molecule has 1 aliphatic rings. The maximum Gasteiger partial charge on any atom is 0.310 e. The van der Waals surface area contributed by atoms with Gasteiger partial charge in [0.1, 0.15) is 5.69 Å². The normalized spacial score (nSPS) is 14.8. The molecule has 0 saturated heterocycles. The van der Waals surface area contributed by atoms with E-state index in [0.717, 1.165) is 22.3 Å². The van der Waals surface area contributed by atoms with Crippen LogP contribution in [0, 0.1) is 6.92 Å². The van der Waals surface area contributed by atoms with Gasteiger partial charge in [-0.15, -0.1) is 0 Å². The molecule has 4 rings (SSSR count). The highest BCUT2D eigenvalue weighted by atomic mass is 16.5. The first-order valence-electron chi connectivity index (χ1n) is 7.92. The number of aromatic nitrogens is 1. The number of allylic oxidation sites excluding steroid dienone is 2. The maximum atomic E-state index is 12.3. The van der Waals surface area contributed by atoms with E-state index in [4.69, 9.17) is 4.42 Å². The van der Waals surface area contributed by atoms with Gasteiger partial charge < -0.3 is 9.52 Å². The largest absolute Gasteiger partial charge is 0.479 e. The molecular formula is C21H15NO3. The number of aryl methyl sites for hydroxylation is 1. The summed E-state index contributed by atoms with van der Waals surface area (Å²) in [6.07, 6.45) is 4.88. The number of hydrogen-bond acceptors (Lipinski definition) is 4. The molecule has 0 spiro atoms. The average Bonchev–Trinajstić information content (AvgIpc) is 2.99. The molecule has 0 saturated carbocycles. The highest BCUT2D eigenvalue weighted by molar-refractivity contribution is 6.33. The van der Waals surface area contributed by atoms with Crippen molar-refractivity contribution in [3.05, 3.63) is 77.0 Å². The van der Waals surface area contributed by atoms with Crippen LogP contribution in [0.25, 0.3) is 29.2 Å². The summed E-state index contributed by atoms with van der Waals surface area (Å²) in [5, 5.41) is 10.1. The van der Waals surface area contributed by atoms with Crippen molar-refractivity contribution in [2.24, 2.45) is 0 Å². The van der Waals surface area contributed by atoms with Gasteiger partial charge in [-0.2, -0.15) is 0 Å². The van der Waals surface area contributed by atoms with Crippen LogP contribution >= 0.6 is 0 Å². The topological polar surface area (TPSA) is 63.3 Å². The number of ketones is 1. The van der Waals surface area contributed by atoms with E-state index in [1.54, 1.807) is 12.2 Å². The first-order valence-corrected chi connectivity index (χ1v) is 7.92. The Kier molecular flexibility index (Phi) is 3.58. The van der Waals surface area contributed by atoms with Crippen molar-refractivity contribution in [3.63, 3.8) is 0 Å². The Morgan fingerprint density at radius 2 is 1.80 bits per heavy atom. The molecular weight excluding hydrogens is 314 g/mol. The van der Waals surface area contributed by atoms with Crippen molar-refractivity contribution in [1.82, 2.24) is 4.98 Å². The van der Waals surface area contributed by atoms with Gasteiger partial charge in [0.15, 0.2) is 5.78 Å². The molecule has 1 N–H and O–H groups in total. The van der Waals surface area contributed by atoms with E-state index in [2.05, 4.69) is 4.98 Å². The summed E-state index contributed by atoms with van der Waals surface area (Å²) < 4.78 is 5.38. The summed E-state index contributed by atoms with van der Waals surface area (Å²) in [5.74, 6) is -0.114. The van der Waals surface area contributed by atoms with Crippen LogP contribution in [0.1, 0.15) is 22.4 Å². The lowest BCUT2D eigenvalue weighted by Crippen LogP contribution is -2.04. The third-order valence-electron chi connectivity index (χ3n) is 4.14. The number of fused-ring (bicyclic) bond motifs is 1. The maximum absolute atomic E-state index is 12.3. The van der Waals surface area contributed by atoms with Crippen molar-refractivity contribution in [2.45, 2.75) is 6.92 Å². The van der Waals surface area contributed by atoms with Crippen molar-refractivity contribution < 1.29 is 14.3 Å². The quantitative estimate of drug-likeness (QED) is 0.704. The highest BCUT2D eigenvalue weighted by Crippen LogP contribution is 2.32. The van der Waals surface area contributed by atoms with Crippen LogP contribution in [0.2, 0.25) is 0 Å². The lowest BCUT2D eigenvalue weighted by molar-refractivity contribution is -0.109. The minimum Gasteiger partial charge on any atom is -0.479 e. The summed E-state index contributed by atoms with van der Waals surface area (Å²) in [7, 11) is 0. The van der Waals surface area contributed by atoms with E-state index < -0.39 is 0 Å². The lowest BCUT2D eigenvalue weighted by atomic mass is 9.91. The zero-order chi connectivity index (χ0) is 17.4. The van der Waals surface area contributed by atoms with Crippen LogP contribution in [-0.2, 0) is 4.79 Å². The fraction of sp³-hybridized carbons (Fsp3) is 0.0476. The van der Waals surface area contributed by atoms with E-state index in [1.807, 2.05) is 55.5 Å². The van der Waals surface area contributed by atoms with E-state index in [9.17, 15) is 9.90 Å². The summed E-state index contributed by atoms with van der Waals surface area (Å²) in [5.41, 5.74) is 4.38. The number of carbonyl (C=O) groups is 1. The van der Waals surface area contributed by atoms with Crippen LogP contribution in [0.15, 0.2) is 59.0 Å². The average molecular weight is 329 g/mol. The predicted molar refractivity (Wildman–Crippen MR) is 96.7 cm³/mol. The number of benzene rings is 2. The molecule has 1 aromatic heterocycles. The Balaban J connectivity index is 1.78. The van der Waals surface area contributed by atoms with Gasteiger partial charge >= 0.3 is 5.95 Å². The van der Waals surface area contributed by atoms with Crippen molar-refractivity contribution >= 4 is 23.5 Å². The minimum atomic E-state index is -0.303. The zero-order valence-electron chi connectivity index (χ0n) is 13.6. The molecule has 0 bridgehead atoms. The molecule has 0 fully saturated rings. The second-order valence-electron chi connectivity index (χ2n) is 5.92. The first-order chi connectivity index (χ1) is 12.1. The monoisotopic (exact) mass is 329 g/mol. The fourth-order valence-electron chi connectivity index (χ4n) is 2.80. The van der Waals surface area contributed by atoms with Crippen molar-refractivity contribution in [3.8, 4) is 17.4 Å². The van der Waals surface area contributed by atoms with Gasteiger partial charge in [-0.25, -0.2) is 4.98 Å². The molecule has 122 valence electrons. The molecule has 4 nitrogen and oxygen atoms in total. The van der Waals surface area contributed by atoms with Gasteiger partial charge in [-0.05, 0) is 42.3 Å². The zero-order valence-corrected chi connectivity index (χ0v) is 13.6. The van der Waals surface area contributed by atoms with Crippen LogP contribution in [0.5, 0.6) is 5.95 Å². The molecule has 0 unspecified atom stereocenters. The van der Waals surface area contributed by atoms with Gasteiger partial charge in [0.25, 0.3) is 0 Å². The van der Waals surface area contributed by atoms with Crippen molar-refractivity contribution in [1.29, 1.82) is 0 Å². The third-order valence-corrected chi connectivity index (χ3v) is 4.14. The van der Waals surface area contributed by atoms with Crippen LogP contribution in [0.4, 0.5) is 0 Å². The molecule has 4 heteroatoms. The van der Waals surface area contributed by atoms with Gasteiger partial charge in [0, 0.05) is 11.1 Å². The number of oxazole rings is 1. The van der Waals surface area contributed by atoms with Crippen molar-refractivity contribution in [2.75, 3.05) is 0 Å². The summed E-state index contributed by atoms with van der Waals surface area (Å²) >= 11 is 0. The molecule has 2 aromatic carbocycles. The fourth-order valence-corrected chi connectivity index (χ4v) is 2.80. The van der Waals surface area contributed by atoms with Crippen LogP contribution < -0.4 is 0 Å². The van der Waals surface area contributed by atoms with E-state index in [-0.39, 0.29) is 17.4 Å². The number of hydrogen-bond donors (Lipinski definition) is 1. The number of rotatable bonds is 2. The Hall–Kier alpha value is -3.40. The van der Waals surface area contributed by atoms with E-state index in [0.29, 0.717) is 11.5 Å². The standard InChI is InChI=1S/C21H15NO3/c1-13-6-8-15(9-7-13)20-22-18(21(24)25-20)12-17-16-5-3-2-4-14(16)10-11-19(17)23/h2-12,24H,1H3. The van der Waals surface area contributed by atoms with Gasteiger partial charge in [0.05, 0.1) is 0 Å². The van der Waals surface area contributed by atoms with Gasteiger partial charge in [0.2, 0.25) is 5.89 Å². The summed E-state index contributed by atoms with van der Waals surface area (Å²) in [4.78, 5) is 16.6. The smallest absolute Gasteiger partial charge is 0.310 e. The molecule has 0 atom stereocenters. The molecule has 3 aromatic rings. The Morgan fingerprint density at radius 3 is 2.60 bits per heavy atom. The minimum absolute atomic E-state index is 0.127. The Labute approximate surface area is 144 Å². The Morgan fingerprint density at radius 1 is 1.04 bits per heavy atom. The highest BCUT2D eigenvalue weighted by Gasteiger charge is 2.19. The van der Waals surface area contributed by atoms with E-state index >= 15 is 0 Å². The van der Waals surface area contributed by atoms with Crippen LogP contribution in [-0.4, -0.2) is 15.9 Å². The number of aromatic hydroxyl groups is 1. The van der Waals surface area contributed by atoms with Gasteiger partial charge in [-0.1, -0.05) is 48.0 Å². The van der Waals surface area contributed by atoms with Gasteiger partial charge in [-0.3, -0.25) is 4.79 Å². The number of nitrogens with zero attached hydrogens (tertiary/aromatic N) is 1. The Bertz CT molecular complexity index is 1020. The summed E-state index contributed by atoms with van der Waals surface area (Å²) in [6, 6.07) is 15.2. The molecule has 0 amide bonds.